The summed E-state index contributed by atoms with van der Waals surface area (Å²) in [5.41, 5.74) is -0.969. The minimum atomic E-state index is -1.13. The van der Waals surface area contributed by atoms with E-state index in [9.17, 15) is 14.7 Å². The Balaban J connectivity index is 2.11. The van der Waals surface area contributed by atoms with Gasteiger partial charge in [0.15, 0.2) is 0 Å². The molecule has 2 N–H and O–H groups in total. The van der Waals surface area contributed by atoms with Crippen molar-refractivity contribution in [3.63, 3.8) is 0 Å². The van der Waals surface area contributed by atoms with Crippen molar-refractivity contribution in [3.8, 4) is 5.88 Å². The molecule has 1 aromatic heterocycles. The predicted octanol–water partition coefficient (Wildman–Crippen LogP) is 1.61. The van der Waals surface area contributed by atoms with Gasteiger partial charge in [0, 0.05) is 6.07 Å². The van der Waals surface area contributed by atoms with Crippen molar-refractivity contribution in [3.05, 3.63) is 23.9 Å². The molecule has 108 valence electrons. The highest BCUT2D eigenvalue weighted by Crippen LogP contribution is 2.32. The molecule has 1 aliphatic carbocycles. The Morgan fingerprint density at radius 1 is 1.40 bits per heavy atom. The number of nitrogens with zero attached hydrogens (tertiary/aromatic N) is 1. The normalized spacial score (nSPS) is 16.4. The number of nitrogens with one attached hydrogen (secondary N) is 1. The van der Waals surface area contributed by atoms with Crippen molar-refractivity contribution in [1.29, 1.82) is 0 Å². The number of carboxylic acids is 1. The van der Waals surface area contributed by atoms with Gasteiger partial charge in [0.1, 0.15) is 11.2 Å². The second kappa shape index (κ2) is 5.48. The van der Waals surface area contributed by atoms with Crippen LogP contribution in [0.5, 0.6) is 5.88 Å². The maximum Gasteiger partial charge on any atom is 0.329 e. The van der Waals surface area contributed by atoms with Crippen molar-refractivity contribution < 1.29 is 19.4 Å². The Hall–Kier alpha value is -2.11. The summed E-state index contributed by atoms with van der Waals surface area (Å²) in [6, 6.07) is 4.86. The molecule has 0 aliphatic heterocycles. The van der Waals surface area contributed by atoms with Crippen LogP contribution < -0.4 is 10.1 Å². The molecule has 0 unspecified atom stereocenters. The van der Waals surface area contributed by atoms with E-state index in [1.165, 1.54) is 6.07 Å². The van der Waals surface area contributed by atoms with Gasteiger partial charge in [0.2, 0.25) is 5.88 Å². The van der Waals surface area contributed by atoms with E-state index in [2.05, 4.69) is 10.3 Å². The number of aromatic nitrogens is 1. The lowest BCUT2D eigenvalue weighted by Gasteiger charge is -2.38. The van der Waals surface area contributed by atoms with E-state index in [0.29, 0.717) is 18.7 Å². The summed E-state index contributed by atoms with van der Waals surface area (Å²) in [5.74, 6) is -1.13. The van der Waals surface area contributed by atoms with Crippen molar-refractivity contribution in [2.45, 2.75) is 44.8 Å². The van der Waals surface area contributed by atoms with E-state index in [4.69, 9.17) is 4.74 Å². The average molecular weight is 278 g/mol. The molecule has 0 bridgehead atoms. The smallest absolute Gasteiger partial charge is 0.329 e. The molecule has 0 saturated heterocycles. The van der Waals surface area contributed by atoms with Crippen LogP contribution in [0.3, 0.4) is 0 Å². The molecular weight excluding hydrogens is 260 g/mol. The SMILES string of the molecule is CC(C)Oc1cccc(C(=O)NC2(C(=O)O)CCC2)n1. The fourth-order valence-corrected chi connectivity index (χ4v) is 2.05. The summed E-state index contributed by atoms with van der Waals surface area (Å²) < 4.78 is 5.42. The van der Waals surface area contributed by atoms with Crippen LogP contribution in [0.1, 0.15) is 43.6 Å². The first-order valence-electron chi connectivity index (χ1n) is 6.62. The lowest BCUT2D eigenvalue weighted by atomic mass is 9.76. The predicted molar refractivity (Wildman–Crippen MR) is 71.7 cm³/mol. The lowest BCUT2D eigenvalue weighted by Crippen LogP contribution is -2.59. The van der Waals surface area contributed by atoms with Gasteiger partial charge >= 0.3 is 5.97 Å². The number of pyridine rings is 1. The Morgan fingerprint density at radius 3 is 2.60 bits per heavy atom. The Bertz CT molecular complexity index is 524. The molecule has 0 spiro atoms. The van der Waals surface area contributed by atoms with Gasteiger partial charge in [-0.15, -0.1) is 0 Å². The number of ether oxygens (including phenoxy) is 1. The van der Waals surface area contributed by atoms with Gasteiger partial charge in [-0.1, -0.05) is 6.07 Å². The molecule has 1 heterocycles. The van der Waals surface area contributed by atoms with E-state index in [1.807, 2.05) is 13.8 Å². The van der Waals surface area contributed by atoms with Crippen molar-refractivity contribution in [2.24, 2.45) is 0 Å². The number of hydrogen-bond donors (Lipinski definition) is 2. The van der Waals surface area contributed by atoms with Gasteiger partial charge in [0.05, 0.1) is 6.10 Å². The zero-order valence-corrected chi connectivity index (χ0v) is 11.5. The molecule has 1 aliphatic rings. The van der Waals surface area contributed by atoms with E-state index < -0.39 is 17.4 Å². The van der Waals surface area contributed by atoms with E-state index >= 15 is 0 Å². The zero-order chi connectivity index (χ0) is 14.8. The summed E-state index contributed by atoms with van der Waals surface area (Å²) in [4.78, 5) is 27.4. The number of carbonyl (C=O) groups excluding carboxylic acids is 1. The number of rotatable bonds is 5. The van der Waals surface area contributed by atoms with Gasteiger partial charge in [-0.05, 0) is 39.2 Å². The Morgan fingerprint density at radius 2 is 2.10 bits per heavy atom. The molecule has 1 fully saturated rings. The fourth-order valence-electron chi connectivity index (χ4n) is 2.05. The maximum atomic E-state index is 12.1. The summed E-state index contributed by atoms with van der Waals surface area (Å²) in [6.07, 6.45) is 1.67. The van der Waals surface area contributed by atoms with E-state index in [-0.39, 0.29) is 11.8 Å². The van der Waals surface area contributed by atoms with Crippen LogP contribution in [0.15, 0.2) is 18.2 Å². The Labute approximate surface area is 117 Å². The topological polar surface area (TPSA) is 88.5 Å². The summed E-state index contributed by atoms with van der Waals surface area (Å²) >= 11 is 0. The van der Waals surface area contributed by atoms with Crippen LogP contribution in [-0.2, 0) is 4.79 Å². The molecule has 2 rings (SSSR count). The summed E-state index contributed by atoms with van der Waals surface area (Å²) in [5, 5.41) is 11.8. The number of carboxylic acid groups (broad SMARTS) is 1. The average Bonchev–Trinajstić information content (AvgIpc) is 2.32. The molecule has 1 saturated carbocycles. The van der Waals surface area contributed by atoms with Gasteiger partial charge in [-0.25, -0.2) is 9.78 Å². The third-order valence-electron chi connectivity index (χ3n) is 3.28. The number of hydrogen-bond acceptors (Lipinski definition) is 4. The van der Waals surface area contributed by atoms with Crippen LogP contribution in [0.25, 0.3) is 0 Å². The molecule has 1 amide bonds. The third-order valence-corrected chi connectivity index (χ3v) is 3.28. The molecule has 20 heavy (non-hydrogen) atoms. The number of carbonyl (C=O) groups is 2. The molecule has 0 atom stereocenters. The highest BCUT2D eigenvalue weighted by Gasteiger charge is 2.45. The lowest BCUT2D eigenvalue weighted by molar-refractivity contribution is -0.148. The molecule has 0 radical (unpaired) electrons. The fraction of sp³-hybridized carbons (Fsp3) is 0.500. The highest BCUT2D eigenvalue weighted by atomic mass is 16.5. The largest absolute Gasteiger partial charge is 0.480 e. The molecule has 6 heteroatoms. The molecular formula is C14H18N2O4. The standard InChI is InChI=1S/C14H18N2O4/c1-9(2)20-11-6-3-5-10(15-11)12(17)16-14(13(18)19)7-4-8-14/h3,5-6,9H,4,7-8H2,1-2H3,(H,16,17)(H,18,19). The second-order valence-electron chi connectivity index (χ2n) is 5.22. The van der Waals surface area contributed by atoms with E-state index in [0.717, 1.165) is 6.42 Å². The van der Waals surface area contributed by atoms with Gasteiger partial charge in [-0.3, -0.25) is 4.79 Å². The minimum absolute atomic E-state index is 0.0437. The van der Waals surface area contributed by atoms with Crippen molar-refractivity contribution >= 4 is 11.9 Å². The molecule has 1 aromatic rings. The first kappa shape index (κ1) is 14.3. The van der Waals surface area contributed by atoms with Gasteiger partial charge in [-0.2, -0.15) is 0 Å². The second-order valence-corrected chi connectivity index (χ2v) is 5.22. The van der Waals surface area contributed by atoms with Gasteiger partial charge in [0.25, 0.3) is 5.91 Å². The highest BCUT2D eigenvalue weighted by molar-refractivity contribution is 5.96. The third kappa shape index (κ3) is 2.89. The van der Waals surface area contributed by atoms with Crippen LogP contribution >= 0.6 is 0 Å². The Kier molecular flexibility index (Phi) is 3.92. The van der Waals surface area contributed by atoms with Crippen LogP contribution in [0, 0.1) is 0 Å². The first-order chi connectivity index (χ1) is 9.43. The van der Waals surface area contributed by atoms with Crippen LogP contribution in [0.2, 0.25) is 0 Å². The zero-order valence-electron chi connectivity index (χ0n) is 11.5. The first-order valence-corrected chi connectivity index (χ1v) is 6.62. The van der Waals surface area contributed by atoms with Crippen LogP contribution in [0.4, 0.5) is 0 Å². The van der Waals surface area contributed by atoms with Crippen molar-refractivity contribution in [2.75, 3.05) is 0 Å². The van der Waals surface area contributed by atoms with Crippen LogP contribution in [-0.4, -0.2) is 33.6 Å². The summed E-state index contributed by atoms with van der Waals surface area (Å²) in [7, 11) is 0. The number of amides is 1. The van der Waals surface area contributed by atoms with Gasteiger partial charge < -0.3 is 15.2 Å². The monoisotopic (exact) mass is 278 g/mol. The minimum Gasteiger partial charge on any atom is -0.480 e. The quantitative estimate of drug-likeness (QED) is 0.854. The molecule has 0 aromatic carbocycles. The maximum absolute atomic E-state index is 12.1. The molecule has 6 nitrogen and oxygen atoms in total. The summed E-state index contributed by atoms with van der Waals surface area (Å²) in [6.45, 7) is 3.73. The number of aliphatic carboxylic acids is 1. The van der Waals surface area contributed by atoms with Crippen molar-refractivity contribution in [1.82, 2.24) is 10.3 Å². The van der Waals surface area contributed by atoms with E-state index in [1.54, 1.807) is 12.1 Å².